The maximum Gasteiger partial charge on any atom is 0.257 e. The summed E-state index contributed by atoms with van der Waals surface area (Å²) in [6, 6.07) is 14.3. The molecule has 1 heterocycles. The van der Waals surface area contributed by atoms with Crippen LogP contribution in [0.2, 0.25) is 0 Å². The van der Waals surface area contributed by atoms with Gasteiger partial charge in [-0.25, -0.2) is 4.98 Å². The highest BCUT2D eigenvalue weighted by Crippen LogP contribution is 2.28. The molecule has 1 N–H and O–H groups in total. The van der Waals surface area contributed by atoms with Crippen LogP contribution in [0, 0.1) is 6.92 Å². The minimum Gasteiger partial charge on any atom is -0.507 e. The van der Waals surface area contributed by atoms with Crippen LogP contribution in [0.25, 0.3) is 0 Å². The molecule has 0 saturated carbocycles. The van der Waals surface area contributed by atoms with Crippen molar-refractivity contribution >= 4 is 0 Å². The fraction of sp³-hybridized carbons (Fsp3) is 0.448. The number of unbranched alkanes of at least 4 members (excludes halogenated alkanes) is 1. The van der Waals surface area contributed by atoms with Crippen molar-refractivity contribution in [3.63, 3.8) is 0 Å². The normalized spacial score (nSPS) is 11.2. The zero-order valence-corrected chi connectivity index (χ0v) is 20.7. The van der Waals surface area contributed by atoms with Gasteiger partial charge >= 0.3 is 0 Å². The molecule has 0 spiro atoms. The molecule has 3 aromatic rings. The van der Waals surface area contributed by atoms with E-state index in [0.29, 0.717) is 18.7 Å². The summed E-state index contributed by atoms with van der Waals surface area (Å²) in [4.78, 5) is 18.7. The number of aromatic hydroxyl groups is 1. The second-order valence-corrected chi connectivity index (χ2v) is 9.00. The second-order valence-electron chi connectivity index (χ2n) is 9.00. The molecule has 0 saturated heterocycles. The predicted octanol–water partition coefficient (Wildman–Crippen LogP) is 6.14. The average molecular weight is 447 g/mol. The molecule has 0 aliphatic heterocycles. The highest BCUT2D eigenvalue weighted by atomic mass is 16.3. The number of aryl methyl sites for hydroxylation is 4. The van der Waals surface area contributed by atoms with E-state index in [1.54, 1.807) is 4.57 Å². The van der Waals surface area contributed by atoms with Crippen LogP contribution >= 0.6 is 0 Å². The number of benzene rings is 2. The molecule has 1 aromatic heterocycles. The Kier molecular flexibility index (Phi) is 8.87. The van der Waals surface area contributed by atoms with Gasteiger partial charge in [0.05, 0.1) is 12.2 Å². The third-order valence-corrected chi connectivity index (χ3v) is 6.24. The van der Waals surface area contributed by atoms with Crippen molar-refractivity contribution in [2.45, 2.75) is 85.6 Å². The SMILES string of the molecule is CCCCc1nc(C)n(Cc2ccccc2)c(=O)c1Cc1cc(CCC)c(O)c(CCC)c1. The van der Waals surface area contributed by atoms with Crippen molar-refractivity contribution in [1.82, 2.24) is 9.55 Å². The number of phenolic OH excluding ortho intramolecular Hbond substituents is 1. The quantitative estimate of drug-likeness (QED) is 0.385. The van der Waals surface area contributed by atoms with E-state index in [1.807, 2.05) is 37.3 Å². The summed E-state index contributed by atoms with van der Waals surface area (Å²) in [6.07, 6.45) is 7.06. The van der Waals surface area contributed by atoms with Gasteiger partial charge in [0.25, 0.3) is 5.56 Å². The lowest BCUT2D eigenvalue weighted by Crippen LogP contribution is -2.30. The maximum absolute atomic E-state index is 13.7. The Bertz CT molecular complexity index is 1090. The van der Waals surface area contributed by atoms with Gasteiger partial charge in [0.15, 0.2) is 0 Å². The molecule has 0 amide bonds. The van der Waals surface area contributed by atoms with E-state index in [0.717, 1.165) is 84.3 Å². The number of aromatic nitrogens is 2. The second kappa shape index (κ2) is 11.8. The Morgan fingerprint density at radius 2 is 1.52 bits per heavy atom. The Balaban J connectivity index is 2.08. The summed E-state index contributed by atoms with van der Waals surface area (Å²) in [7, 11) is 0. The molecule has 0 unspecified atom stereocenters. The van der Waals surface area contributed by atoms with Crippen LogP contribution in [0.4, 0.5) is 0 Å². The number of phenols is 1. The molecular weight excluding hydrogens is 408 g/mol. The van der Waals surface area contributed by atoms with Crippen molar-refractivity contribution in [2.75, 3.05) is 0 Å². The average Bonchev–Trinajstić information content (AvgIpc) is 2.81. The molecule has 3 rings (SSSR count). The first kappa shape index (κ1) is 24.8. The molecule has 4 heteroatoms. The number of nitrogens with zero attached hydrogens (tertiary/aromatic N) is 2. The molecule has 0 bridgehead atoms. The van der Waals surface area contributed by atoms with E-state index in [9.17, 15) is 9.90 Å². The molecule has 33 heavy (non-hydrogen) atoms. The lowest BCUT2D eigenvalue weighted by atomic mass is 9.94. The van der Waals surface area contributed by atoms with Gasteiger partial charge in [0.1, 0.15) is 11.6 Å². The maximum atomic E-state index is 13.7. The van der Waals surface area contributed by atoms with Crippen LogP contribution in [0.1, 0.15) is 85.8 Å². The molecule has 4 nitrogen and oxygen atoms in total. The summed E-state index contributed by atoms with van der Waals surface area (Å²) < 4.78 is 1.81. The minimum atomic E-state index is 0.0552. The largest absolute Gasteiger partial charge is 0.507 e. The lowest BCUT2D eigenvalue weighted by Gasteiger charge is -2.17. The number of rotatable bonds is 11. The third-order valence-electron chi connectivity index (χ3n) is 6.24. The lowest BCUT2D eigenvalue weighted by molar-refractivity contribution is 0.459. The van der Waals surface area contributed by atoms with E-state index in [-0.39, 0.29) is 5.56 Å². The van der Waals surface area contributed by atoms with Crippen molar-refractivity contribution in [2.24, 2.45) is 0 Å². The van der Waals surface area contributed by atoms with Gasteiger partial charge in [0, 0.05) is 12.0 Å². The summed E-state index contributed by atoms with van der Waals surface area (Å²) in [6.45, 7) is 8.87. The fourth-order valence-electron chi connectivity index (χ4n) is 4.50. The topological polar surface area (TPSA) is 55.1 Å². The molecule has 0 atom stereocenters. The van der Waals surface area contributed by atoms with Crippen LogP contribution in [-0.4, -0.2) is 14.7 Å². The van der Waals surface area contributed by atoms with Gasteiger partial charge in [-0.15, -0.1) is 0 Å². The van der Waals surface area contributed by atoms with Crippen LogP contribution in [-0.2, 0) is 32.2 Å². The van der Waals surface area contributed by atoms with E-state index in [1.165, 1.54) is 0 Å². The van der Waals surface area contributed by atoms with E-state index < -0.39 is 0 Å². The zero-order chi connectivity index (χ0) is 23.8. The summed E-state index contributed by atoms with van der Waals surface area (Å²) in [5, 5.41) is 10.7. The van der Waals surface area contributed by atoms with E-state index in [4.69, 9.17) is 4.98 Å². The molecular formula is C29H38N2O2. The van der Waals surface area contributed by atoms with Gasteiger partial charge in [-0.2, -0.15) is 0 Å². The van der Waals surface area contributed by atoms with Crippen LogP contribution in [0.5, 0.6) is 5.75 Å². The van der Waals surface area contributed by atoms with Gasteiger partial charge < -0.3 is 5.11 Å². The number of hydrogen-bond acceptors (Lipinski definition) is 3. The Hall–Kier alpha value is -2.88. The van der Waals surface area contributed by atoms with E-state index >= 15 is 0 Å². The first-order chi connectivity index (χ1) is 16.0. The minimum absolute atomic E-state index is 0.0552. The van der Waals surface area contributed by atoms with Gasteiger partial charge in [-0.3, -0.25) is 9.36 Å². The smallest absolute Gasteiger partial charge is 0.257 e. The van der Waals surface area contributed by atoms with Gasteiger partial charge in [-0.1, -0.05) is 82.5 Å². The standard InChI is InChI=1S/C29H38N2O2/c1-5-8-16-27-26(19-23-17-24(12-6-2)28(32)25(18-23)13-7-3)29(33)31(21(4)30-27)20-22-14-10-9-11-15-22/h9-11,14-15,17-18,32H,5-8,12-13,16,19-20H2,1-4H3. The van der Waals surface area contributed by atoms with Crippen molar-refractivity contribution < 1.29 is 5.11 Å². The van der Waals surface area contributed by atoms with Crippen molar-refractivity contribution in [1.29, 1.82) is 0 Å². The molecule has 0 radical (unpaired) electrons. The highest BCUT2D eigenvalue weighted by Gasteiger charge is 2.17. The molecule has 0 aliphatic rings. The molecule has 0 aliphatic carbocycles. The summed E-state index contributed by atoms with van der Waals surface area (Å²) >= 11 is 0. The Morgan fingerprint density at radius 1 is 0.879 bits per heavy atom. The molecule has 2 aromatic carbocycles. The van der Waals surface area contributed by atoms with Crippen molar-refractivity contribution in [3.05, 3.63) is 92.2 Å². The van der Waals surface area contributed by atoms with Gasteiger partial charge in [-0.05, 0) is 54.9 Å². The van der Waals surface area contributed by atoms with Crippen LogP contribution in [0.15, 0.2) is 47.3 Å². The Morgan fingerprint density at radius 3 is 2.09 bits per heavy atom. The van der Waals surface area contributed by atoms with Crippen LogP contribution < -0.4 is 5.56 Å². The fourth-order valence-corrected chi connectivity index (χ4v) is 4.50. The van der Waals surface area contributed by atoms with Gasteiger partial charge in [0.2, 0.25) is 0 Å². The monoisotopic (exact) mass is 446 g/mol. The first-order valence-corrected chi connectivity index (χ1v) is 12.4. The zero-order valence-electron chi connectivity index (χ0n) is 20.7. The third kappa shape index (κ3) is 6.13. The highest BCUT2D eigenvalue weighted by molar-refractivity contribution is 5.45. The summed E-state index contributed by atoms with van der Waals surface area (Å²) in [5.74, 6) is 1.19. The van der Waals surface area contributed by atoms with Crippen molar-refractivity contribution in [3.8, 4) is 5.75 Å². The number of hydrogen-bond donors (Lipinski definition) is 1. The van der Waals surface area contributed by atoms with Crippen LogP contribution in [0.3, 0.4) is 0 Å². The predicted molar refractivity (Wildman–Crippen MR) is 136 cm³/mol. The first-order valence-electron chi connectivity index (χ1n) is 12.4. The Labute approximate surface area is 198 Å². The summed E-state index contributed by atoms with van der Waals surface area (Å²) in [5.41, 5.74) is 5.92. The molecule has 0 fully saturated rings. The molecule has 176 valence electrons. The van der Waals surface area contributed by atoms with E-state index in [2.05, 4.69) is 32.9 Å².